The first-order valence-corrected chi connectivity index (χ1v) is 8.89. The van der Waals surface area contributed by atoms with E-state index in [-0.39, 0.29) is 0 Å². The van der Waals surface area contributed by atoms with Crippen molar-refractivity contribution in [2.75, 3.05) is 6.54 Å². The highest BCUT2D eigenvalue weighted by Crippen LogP contribution is 2.23. The van der Waals surface area contributed by atoms with Crippen molar-refractivity contribution in [3.8, 4) is 0 Å². The lowest BCUT2D eigenvalue weighted by Crippen LogP contribution is -2.30. The van der Waals surface area contributed by atoms with Gasteiger partial charge in [-0.25, -0.2) is 13.1 Å². The van der Waals surface area contributed by atoms with Crippen molar-refractivity contribution in [1.29, 1.82) is 0 Å². The van der Waals surface area contributed by atoms with Gasteiger partial charge in [-0.05, 0) is 65.6 Å². The van der Waals surface area contributed by atoms with Gasteiger partial charge in [0.05, 0.1) is 4.90 Å². The van der Waals surface area contributed by atoms with Gasteiger partial charge in [-0.3, -0.25) is 0 Å². The molecule has 0 heterocycles. The minimum absolute atomic E-state index is 0.360. The molecule has 0 saturated heterocycles. The van der Waals surface area contributed by atoms with Gasteiger partial charge in [-0.1, -0.05) is 19.3 Å². The molecule has 1 aliphatic rings. The monoisotopic (exact) mass is 379 g/mol. The zero-order valence-electron chi connectivity index (χ0n) is 10.2. The van der Waals surface area contributed by atoms with Crippen LogP contribution in [0.2, 0.25) is 0 Å². The largest absolute Gasteiger partial charge is 0.240 e. The molecule has 1 saturated carbocycles. The van der Waals surface area contributed by atoms with Gasteiger partial charge in [0.25, 0.3) is 0 Å². The summed E-state index contributed by atoms with van der Waals surface area (Å²) in [6, 6.07) is 6.95. The molecule has 0 spiro atoms. The molecule has 0 atom stereocenters. The summed E-state index contributed by atoms with van der Waals surface area (Å²) in [6.45, 7) is 0.578. The fraction of sp³-hybridized carbons (Fsp3) is 0.538. The van der Waals surface area contributed by atoms with Crippen molar-refractivity contribution >= 4 is 32.6 Å². The SMILES string of the molecule is O=S(=O)(NCC1CCCCC1)c1ccc(I)cc1. The zero-order valence-corrected chi connectivity index (χ0v) is 13.2. The summed E-state index contributed by atoms with van der Waals surface area (Å²) in [5.74, 6) is 0.511. The second-order valence-corrected chi connectivity index (χ2v) is 7.82. The van der Waals surface area contributed by atoms with Crippen LogP contribution in [0.3, 0.4) is 0 Å². The molecule has 0 unspecified atom stereocenters. The van der Waals surface area contributed by atoms with Crippen LogP contribution in [0.1, 0.15) is 32.1 Å². The molecule has 1 fully saturated rings. The van der Waals surface area contributed by atoms with Gasteiger partial charge < -0.3 is 0 Å². The summed E-state index contributed by atoms with van der Waals surface area (Å²) in [5, 5.41) is 0. The predicted molar refractivity (Wildman–Crippen MR) is 80.9 cm³/mol. The van der Waals surface area contributed by atoms with Crippen LogP contribution in [0.25, 0.3) is 0 Å². The highest BCUT2D eigenvalue weighted by Gasteiger charge is 2.18. The molecule has 0 bridgehead atoms. The van der Waals surface area contributed by atoms with E-state index in [2.05, 4.69) is 27.3 Å². The maximum absolute atomic E-state index is 12.1. The van der Waals surface area contributed by atoms with Gasteiger partial charge >= 0.3 is 0 Å². The third kappa shape index (κ3) is 3.93. The highest BCUT2D eigenvalue weighted by atomic mass is 127. The number of rotatable bonds is 4. The number of hydrogen-bond acceptors (Lipinski definition) is 2. The Morgan fingerprint density at radius 3 is 2.33 bits per heavy atom. The summed E-state index contributed by atoms with van der Waals surface area (Å²) in [7, 11) is -3.33. The van der Waals surface area contributed by atoms with E-state index < -0.39 is 10.0 Å². The Labute approximate surface area is 123 Å². The molecule has 100 valence electrons. The molecular formula is C13H18INO2S. The van der Waals surface area contributed by atoms with Crippen LogP contribution in [0.5, 0.6) is 0 Å². The van der Waals surface area contributed by atoms with Crippen molar-refractivity contribution in [2.24, 2.45) is 5.92 Å². The van der Waals surface area contributed by atoms with Gasteiger partial charge in [0.15, 0.2) is 0 Å². The van der Waals surface area contributed by atoms with Gasteiger partial charge in [0.1, 0.15) is 0 Å². The van der Waals surface area contributed by atoms with Gasteiger partial charge in [0, 0.05) is 10.1 Å². The Balaban J connectivity index is 1.96. The molecule has 1 aliphatic carbocycles. The summed E-state index contributed by atoms with van der Waals surface area (Å²) >= 11 is 2.17. The van der Waals surface area contributed by atoms with E-state index in [1.807, 2.05) is 12.1 Å². The number of sulfonamides is 1. The minimum Gasteiger partial charge on any atom is -0.211 e. The van der Waals surface area contributed by atoms with Crippen LogP contribution < -0.4 is 4.72 Å². The molecule has 0 aromatic heterocycles. The number of nitrogens with one attached hydrogen (secondary N) is 1. The van der Waals surface area contributed by atoms with E-state index in [1.165, 1.54) is 19.3 Å². The Morgan fingerprint density at radius 2 is 1.72 bits per heavy atom. The summed E-state index contributed by atoms with van der Waals surface area (Å²) in [6.07, 6.45) is 6.05. The number of hydrogen-bond donors (Lipinski definition) is 1. The fourth-order valence-corrected chi connectivity index (χ4v) is 3.79. The Kier molecular flexibility index (Phi) is 5.03. The first kappa shape index (κ1) is 14.3. The molecule has 1 aromatic carbocycles. The topological polar surface area (TPSA) is 46.2 Å². The van der Waals surface area contributed by atoms with E-state index >= 15 is 0 Å². The molecular weight excluding hydrogens is 361 g/mol. The van der Waals surface area contributed by atoms with Crippen LogP contribution in [-0.2, 0) is 10.0 Å². The molecule has 5 heteroatoms. The molecule has 2 rings (SSSR count). The van der Waals surface area contributed by atoms with E-state index in [9.17, 15) is 8.42 Å². The first-order valence-electron chi connectivity index (χ1n) is 6.33. The third-order valence-electron chi connectivity index (χ3n) is 3.41. The molecule has 18 heavy (non-hydrogen) atoms. The van der Waals surface area contributed by atoms with Crippen molar-refractivity contribution < 1.29 is 8.42 Å². The van der Waals surface area contributed by atoms with Gasteiger partial charge in [0.2, 0.25) is 10.0 Å². The molecule has 3 nitrogen and oxygen atoms in total. The first-order chi connectivity index (χ1) is 8.58. The summed E-state index contributed by atoms with van der Waals surface area (Å²) in [4.78, 5) is 0.360. The van der Waals surface area contributed by atoms with E-state index in [0.717, 1.165) is 16.4 Å². The molecule has 0 amide bonds. The molecule has 1 aromatic rings. The van der Waals surface area contributed by atoms with Crippen LogP contribution in [-0.4, -0.2) is 15.0 Å². The van der Waals surface area contributed by atoms with Crippen molar-refractivity contribution in [1.82, 2.24) is 4.72 Å². The maximum Gasteiger partial charge on any atom is 0.240 e. The minimum atomic E-state index is -3.33. The molecule has 1 N–H and O–H groups in total. The lowest BCUT2D eigenvalue weighted by Gasteiger charge is -2.21. The van der Waals surface area contributed by atoms with Crippen LogP contribution >= 0.6 is 22.6 Å². The summed E-state index contributed by atoms with van der Waals surface area (Å²) in [5.41, 5.74) is 0. The van der Waals surface area contributed by atoms with Crippen molar-refractivity contribution in [3.63, 3.8) is 0 Å². The lowest BCUT2D eigenvalue weighted by molar-refractivity contribution is 0.357. The fourth-order valence-electron chi connectivity index (χ4n) is 2.32. The van der Waals surface area contributed by atoms with Crippen LogP contribution in [0, 0.1) is 9.49 Å². The Bertz CT molecular complexity index is 478. The van der Waals surface area contributed by atoms with E-state index in [4.69, 9.17) is 0 Å². The predicted octanol–water partition coefficient (Wildman–Crippen LogP) is 3.15. The smallest absolute Gasteiger partial charge is 0.211 e. The van der Waals surface area contributed by atoms with Crippen LogP contribution in [0.15, 0.2) is 29.2 Å². The second-order valence-electron chi connectivity index (χ2n) is 4.81. The number of benzene rings is 1. The lowest BCUT2D eigenvalue weighted by atomic mass is 9.90. The van der Waals surface area contributed by atoms with Crippen molar-refractivity contribution in [3.05, 3.63) is 27.8 Å². The third-order valence-corrected chi connectivity index (χ3v) is 5.57. The Hall–Kier alpha value is -0.140. The second kappa shape index (κ2) is 6.34. The summed E-state index contributed by atoms with van der Waals surface area (Å²) < 4.78 is 27.9. The maximum atomic E-state index is 12.1. The van der Waals surface area contributed by atoms with Crippen molar-refractivity contribution in [2.45, 2.75) is 37.0 Å². The zero-order chi connectivity index (χ0) is 13.0. The van der Waals surface area contributed by atoms with Gasteiger partial charge in [-0.2, -0.15) is 0 Å². The standard InChI is InChI=1S/C13H18INO2S/c14-12-6-8-13(9-7-12)18(16,17)15-10-11-4-2-1-3-5-11/h6-9,11,15H,1-5,10H2. The highest BCUT2D eigenvalue weighted by molar-refractivity contribution is 14.1. The normalized spacial score (nSPS) is 17.8. The van der Waals surface area contributed by atoms with Crippen LogP contribution in [0.4, 0.5) is 0 Å². The average Bonchev–Trinajstić information content (AvgIpc) is 2.38. The Morgan fingerprint density at radius 1 is 1.11 bits per heavy atom. The molecule has 0 aliphatic heterocycles. The van der Waals surface area contributed by atoms with E-state index in [0.29, 0.717) is 17.4 Å². The quantitative estimate of drug-likeness (QED) is 0.817. The number of halogens is 1. The van der Waals surface area contributed by atoms with Gasteiger partial charge in [-0.15, -0.1) is 0 Å². The van der Waals surface area contributed by atoms with E-state index in [1.54, 1.807) is 12.1 Å². The molecule has 0 radical (unpaired) electrons. The average molecular weight is 379 g/mol.